The van der Waals surface area contributed by atoms with E-state index in [1.165, 1.54) is 23.9 Å². The van der Waals surface area contributed by atoms with Gasteiger partial charge in [-0.2, -0.15) is 5.26 Å². The van der Waals surface area contributed by atoms with Crippen molar-refractivity contribution in [3.8, 4) is 6.07 Å². The van der Waals surface area contributed by atoms with E-state index in [2.05, 4.69) is 15.3 Å². The van der Waals surface area contributed by atoms with Crippen molar-refractivity contribution in [2.75, 3.05) is 11.1 Å². The number of imidazole rings is 1. The van der Waals surface area contributed by atoms with Crippen LogP contribution in [0.1, 0.15) is 5.56 Å². The first-order chi connectivity index (χ1) is 12.5. The van der Waals surface area contributed by atoms with Crippen molar-refractivity contribution in [2.45, 2.75) is 5.16 Å². The first-order valence-electron chi connectivity index (χ1n) is 7.23. The maximum absolute atomic E-state index is 12.1. The average Bonchev–Trinajstić information content (AvgIpc) is 3.02. The van der Waals surface area contributed by atoms with Gasteiger partial charge in [0.05, 0.1) is 33.0 Å². The Hall–Kier alpha value is -3.09. The van der Waals surface area contributed by atoms with Crippen LogP contribution in [0.25, 0.3) is 11.0 Å². The van der Waals surface area contributed by atoms with Gasteiger partial charge in [-0.05, 0) is 24.3 Å². The largest absolute Gasteiger partial charge is 0.333 e. The molecular weight excluding hydrogens is 378 g/mol. The molecular formula is C16H10ClN5O3S. The monoisotopic (exact) mass is 387 g/mol. The number of fused-ring (bicyclic) bond motifs is 1. The highest BCUT2D eigenvalue weighted by atomic mass is 35.5. The SMILES string of the molecule is N#Cc1cc([N+](=O)[O-])ccc1NC(=O)CSc1nc2ccc(Cl)cc2[nH]1. The minimum Gasteiger partial charge on any atom is -0.333 e. The maximum Gasteiger partial charge on any atom is 0.270 e. The zero-order valence-corrected chi connectivity index (χ0v) is 14.6. The van der Waals surface area contributed by atoms with Crippen molar-refractivity contribution in [3.05, 3.63) is 57.1 Å². The van der Waals surface area contributed by atoms with Crippen molar-refractivity contribution in [3.63, 3.8) is 0 Å². The molecule has 1 amide bonds. The second-order valence-corrected chi connectivity index (χ2v) is 6.54. The lowest BCUT2D eigenvalue weighted by molar-refractivity contribution is -0.384. The number of rotatable bonds is 5. The van der Waals surface area contributed by atoms with Crippen LogP contribution in [0.15, 0.2) is 41.6 Å². The molecule has 10 heteroatoms. The quantitative estimate of drug-likeness (QED) is 0.390. The lowest BCUT2D eigenvalue weighted by atomic mass is 10.1. The number of amides is 1. The fraction of sp³-hybridized carbons (Fsp3) is 0.0625. The minimum atomic E-state index is -0.601. The predicted octanol–water partition coefficient (Wildman–Crippen LogP) is 3.73. The van der Waals surface area contributed by atoms with E-state index in [4.69, 9.17) is 16.9 Å². The summed E-state index contributed by atoms with van der Waals surface area (Å²) >= 11 is 7.11. The molecule has 0 spiro atoms. The highest BCUT2D eigenvalue weighted by molar-refractivity contribution is 7.99. The number of thioether (sulfide) groups is 1. The van der Waals surface area contributed by atoms with Gasteiger partial charge in [-0.15, -0.1) is 0 Å². The molecule has 0 fully saturated rings. The molecule has 2 N–H and O–H groups in total. The van der Waals surface area contributed by atoms with Gasteiger partial charge in [-0.25, -0.2) is 4.98 Å². The zero-order valence-electron chi connectivity index (χ0n) is 13.0. The summed E-state index contributed by atoms with van der Waals surface area (Å²) in [6.45, 7) is 0. The number of aromatic amines is 1. The Labute approximate surface area is 156 Å². The number of benzene rings is 2. The number of carbonyl (C=O) groups is 1. The molecule has 0 aliphatic carbocycles. The van der Waals surface area contributed by atoms with E-state index in [1.807, 2.05) is 6.07 Å². The van der Waals surface area contributed by atoms with E-state index in [9.17, 15) is 14.9 Å². The van der Waals surface area contributed by atoms with Crippen LogP contribution in [-0.4, -0.2) is 26.6 Å². The summed E-state index contributed by atoms with van der Waals surface area (Å²) in [6.07, 6.45) is 0. The molecule has 8 nitrogen and oxygen atoms in total. The second kappa shape index (κ2) is 7.43. The van der Waals surface area contributed by atoms with Crippen LogP contribution in [0, 0.1) is 21.4 Å². The lowest BCUT2D eigenvalue weighted by Crippen LogP contribution is -2.15. The minimum absolute atomic E-state index is 0.0240. The lowest BCUT2D eigenvalue weighted by Gasteiger charge is -2.06. The molecule has 0 bridgehead atoms. The third-order valence-corrected chi connectivity index (χ3v) is 4.48. The second-order valence-electron chi connectivity index (χ2n) is 5.14. The van der Waals surface area contributed by atoms with Crippen LogP contribution >= 0.6 is 23.4 Å². The Morgan fingerprint density at radius 1 is 1.38 bits per heavy atom. The number of nitriles is 1. The molecule has 26 heavy (non-hydrogen) atoms. The Bertz CT molecular complexity index is 1060. The molecule has 0 saturated carbocycles. The molecule has 3 aromatic rings. The van der Waals surface area contributed by atoms with Gasteiger partial charge in [-0.3, -0.25) is 14.9 Å². The summed E-state index contributed by atoms with van der Waals surface area (Å²) in [5.74, 6) is -0.311. The highest BCUT2D eigenvalue weighted by Crippen LogP contribution is 2.24. The summed E-state index contributed by atoms with van der Waals surface area (Å²) in [5.41, 5.74) is 1.54. The first-order valence-corrected chi connectivity index (χ1v) is 8.59. The number of hydrogen-bond acceptors (Lipinski definition) is 6. The van der Waals surface area contributed by atoms with Gasteiger partial charge < -0.3 is 10.3 Å². The molecule has 1 heterocycles. The van der Waals surface area contributed by atoms with Crippen molar-refractivity contribution < 1.29 is 9.72 Å². The van der Waals surface area contributed by atoms with Crippen LogP contribution in [-0.2, 0) is 4.79 Å². The number of H-pyrrole nitrogens is 1. The molecule has 2 aromatic carbocycles. The Morgan fingerprint density at radius 3 is 2.92 bits per heavy atom. The summed E-state index contributed by atoms with van der Waals surface area (Å²) in [5, 5.41) is 23.5. The van der Waals surface area contributed by atoms with Crippen molar-refractivity contribution in [2.24, 2.45) is 0 Å². The van der Waals surface area contributed by atoms with Gasteiger partial charge in [0.1, 0.15) is 6.07 Å². The molecule has 0 aliphatic rings. The van der Waals surface area contributed by atoms with Crippen molar-refractivity contribution in [1.82, 2.24) is 9.97 Å². The Balaban J connectivity index is 1.67. The molecule has 1 aromatic heterocycles. The predicted molar refractivity (Wildman–Crippen MR) is 98.3 cm³/mol. The normalized spacial score (nSPS) is 10.5. The summed E-state index contributed by atoms with van der Waals surface area (Å²) < 4.78 is 0. The third kappa shape index (κ3) is 3.93. The van der Waals surface area contributed by atoms with Gasteiger partial charge in [-0.1, -0.05) is 23.4 Å². The molecule has 0 atom stereocenters. The number of nitrogens with zero attached hydrogens (tertiary/aromatic N) is 3. The number of carbonyl (C=O) groups excluding carboxylic acids is 1. The summed E-state index contributed by atoms with van der Waals surface area (Å²) in [7, 11) is 0. The number of non-ortho nitro benzene ring substituents is 1. The molecule has 130 valence electrons. The zero-order chi connectivity index (χ0) is 18.7. The summed E-state index contributed by atoms with van der Waals surface area (Å²) in [4.78, 5) is 29.6. The third-order valence-electron chi connectivity index (χ3n) is 3.37. The van der Waals surface area contributed by atoms with E-state index in [0.717, 1.165) is 17.1 Å². The number of nitro benzene ring substituents is 1. The van der Waals surface area contributed by atoms with Gasteiger partial charge in [0, 0.05) is 17.2 Å². The number of hydrogen-bond donors (Lipinski definition) is 2. The first kappa shape index (κ1) is 17.7. The van der Waals surface area contributed by atoms with Crippen molar-refractivity contribution in [1.29, 1.82) is 5.26 Å². The smallest absolute Gasteiger partial charge is 0.270 e. The van der Waals surface area contributed by atoms with Gasteiger partial charge in [0.2, 0.25) is 5.91 Å². The molecule has 0 unspecified atom stereocenters. The van der Waals surface area contributed by atoms with Gasteiger partial charge in [0.15, 0.2) is 5.16 Å². The number of aromatic nitrogens is 2. The maximum atomic E-state index is 12.1. The fourth-order valence-electron chi connectivity index (χ4n) is 2.19. The van der Waals surface area contributed by atoms with E-state index in [-0.39, 0.29) is 28.6 Å². The highest BCUT2D eigenvalue weighted by Gasteiger charge is 2.13. The van der Waals surface area contributed by atoms with Gasteiger partial charge in [0.25, 0.3) is 5.69 Å². The van der Waals surface area contributed by atoms with Crippen LogP contribution in [0.3, 0.4) is 0 Å². The summed E-state index contributed by atoms with van der Waals surface area (Å²) in [6, 6.07) is 10.8. The average molecular weight is 388 g/mol. The standard InChI is InChI=1S/C16H10ClN5O3S/c17-10-1-3-13-14(6-10)21-16(20-13)26-8-15(23)19-12-4-2-11(22(24)25)5-9(12)7-18/h1-6H,8H2,(H,19,23)(H,20,21). The topological polar surface area (TPSA) is 125 Å². The van der Waals surface area contributed by atoms with Crippen LogP contribution in [0.4, 0.5) is 11.4 Å². The molecule has 0 aliphatic heterocycles. The van der Waals surface area contributed by atoms with E-state index >= 15 is 0 Å². The van der Waals surface area contributed by atoms with Crippen LogP contribution in [0.5, 0.6) is 0 Å². The fourth-order valence-corrected chi connectivity index (χ4v) is 3.05. The molecule has 0 saturated heterocycles. The number of nitrogens with one attached hydrogen (secondary N) is 2. The number of halogens is 1. The Morgan fingerprint density at radius 2 is 2.19 bits per heavy atom. The van der Waals surface area contributed by atoms with Crippen LogP contribution in [0.2, 0.25) is 5.02 Å². The van der Waals surface area contributed by atoms with Crippen molar-refractivity contribution >= 4 is 51.7 Å². The van der Waals surface area contributed by atoms with E-state index in [0.29, 0.717) is 10.2 Å². The molecule has 3 rings (SSSR count). The van der Waals surface area contributed by atoms with Crippen LogP contribution < -0.4 is 5.32 Å². The Kier molecular flexibility index (Phi) is 5.06. The van der Waals surface area contributed by atoms with E-state index in [1.54, 1.807) is 18.2 Å². The number of anilines is 1. The van der Waals surface area contributed by atoms with Gasteiger partial charge >= 0.3 is 0 Å². The molecule has 0 radical (unpaired) electrons. The number of nitro groups is 1. The van der Waals surface area contributed by atoms with E-state index < -0.39 is 4.92 Å².